The zero-order valence-electron chi connectivity index (χ0n) is 16.2. The maximum atomic E-state index is 12.3. The van der Waals surface area contributed by atoms with Crippen LogP contribution in [0.3, 0.4) is 0 Å². The van der Waals surface area contributed by atoms with Crippen LogP contribution in [-0.4, -0.2) is 36.0 Å². The van der Waals surface area contributed by atoms with Gasteiger partial charge in [-0.2, -0.15) is 0 Å². The quantitative estimate of drug-likeness (QED) is 0.763. The molecule has 25 heavy (non-hydrogen) atoms. The van der Waals surface area contributed by atoms with Crippen LogP contribution in [0.15, 0.2) is 10.7 Å². The van der Waals surface area contributed by atoms with Gasteiger partial charge >= 0.3 is 5.88 Å². The van der Waals surface area contributed by atoms with Crippen molar-refractivity contribution in [2.75, 3.05) is 23.5 Å². The van der Waals surface area contributed by atoms with Gasteiger partial charge in [-0.05, 0) is 47.5 Å². The highest BCUT2D eigenvalue weighted by Crippen LogP contribution is 2.24. The summed E-state index contributed by atoms with van der Waals surface area (Å²) in [6.07, 6.45) is 7.31. The van der Waals surface area contributed by atoms with Crippen LogP contribution in [0.5, 0.6) is 0 Å². The molecule has 0 aliphatic heterocycles. The predicted octanol–water partition coefficient (Wildman–Crippen LogP) is 2.64. The van der Waals surface area contributed by atoms with Crippen molar-refractivity contribution >= 4 is 11.8 Å². The number of hydrogen-bond donors (Lipinski definition) is 1. The average molecular weight is 353 g/mol. The second-order valence-electron chi connectivity index (χ2n) is 8.02. The average Bonchev–Trinajstić information content (AvgIpc) is 2.98. The van der Waals surface area contributed by atoms with Crippen LogP contribution >= 0.6 is 0 Å². The Bertz CT molecular complexity index is 545. The topological polar surface area (TPSA) is 71.5 Å². The molecule has 1 amide bonds. The number of amides is 1. The fourth-order valence-corrected chi connectivity index (χ4v) is 3.12. The number of nitrogens with zero attached hydrogens (tertiary/aromatic N) is 3. The Morgan fingerprint density at radius 1 is 1.40 bits per heavy atom. The Kier molecular flexibility index (Phi) is 6.81. The van der Waals surface area contributed by atoms with E-state index in [9.17, 15) is 4.79 Å². The Labute approximate surface area is 150 Å². The number of hydrogen-bond acceptors (Lipinski definition) is 5. The third-order valence-electron chi connectivity index (χ3n) is 4.45. The molecule has 7 nitrogen and oxygen atoms in total. The molecule has 142 valence electrons. The van der Waals surface area contributed by atoms with Gasteiger partial charge < -0.3 is 4.74 Å². The fourth-order valence-electron chi connectivity index (χ4n) is 3.12. The van der Waals surface area contributed by atoms with E-state index in [1.807, 2.05) is 13.8 Å². The molecule has 0 unspecified atom stereocenters. The lowest BCUT2D eigenvalue weighted by Crippen LogP contribution is -2.67. The first-order chi connectivity index (χ1) is 11.8. The molecule has 0 radical (unpaired) electrons. The lowest BCUT2D eigenvalue weighted by molar-refractivity contribution is -0.765. The Morgan fingerprint density at radius 2 is 2.08 bits per heavy atom. The van der Waals surface area contributed by atoms with Crippen molar-refractivity contribution in [1.29, 1.82) is 0 Å². The second kappa shape index (κ2) is 8.65. The molecule has 0 saturated heterocycles. The van der Waals surface area contributed by atoms with Gasteiger partial charge in [0.25, 0.3) is 6.20 Å². The Balaban J connectivity index is 1.99. The highest BCUT2D eigenvalue weighted by molar-refractivity contribution is 5.91. The van der Waals surface area contributed by atoms with Crippen LogP contribution in [0.4, 0.5) is 5.88 Å². The number of carbonyl (C=O) groups excluding carboxylic acids is 1. The van der Waals surface area contributed by atoms with Gasteiger partial charge in [0.1, 0.15) is 0 Å². The first-order valence-corrected chi connectivity index (χ1v) is 9.36. The van der Waals surface area contributed by atoms with Gasteiger partial charge in [0.2, 0.25) is 11.2 Å². The van der Waals surface area contributed by atoms with Crippen molar-refractivity contribution in [2.24, 2.45) is 5.92 Å². The van der Waals surface area contributed by atoms with Gasteiger partial charge in [0, 0.05) is 5.92 Å². The summed E-state index contributed by atoms with van der Waals surface area (Å²) in [6.45, 7) is 11.6. The lowest BCUT2D eigenvalue weighted by atomic mass is 9.89. The summed E-state index contributed by atoms with van der Waals surface area (Å²) >= 11 is 0. The van der Waals surface area contributed by atoms with E-state index in [-0.39, 0.29) is 23.5 Å². The number of rotatable bonds is 7. The molecule has 1 N–H and O–H groups in total. The van der Waals surface area contributed by atoms with Crippen LogP contribution in [0.2, 0.25) is 0 Å². The minimum Gasteiger partial charge on any atom is -0.377 e. The number of ether oxygens (including phenoxy) is 1. The van der Waals surface area contributed by atoms with Crippen LogP contribution in [0, 0.1) is 5.92 Å². The van der Waals surface area contributed by atoms with Crippen molar-refractivity contribution in [3.05, 3.63) is 6.20 Å². The second-order valence-corrected chi connectivity index (χ2v) is 8.02. The Hall–Kier alpha value is -1.63. The molecule has 1 heterocycles. The molecule has 0 atom stereocenters. The third kappa shape index (κ3) is 5.99. The summed E-state index contributed by atoms with van der Waals surface area (Å²) in [4.78, 5) is 14.0. The first kappa shape index (κ1) is 19.7. The van der Waals surface area contributed by atoms with Crippen molar-refractivity contribution < 1.29 is 18.8 Å². The zero-order valence-corrected chi connectivity index (χ0v) is 16.2. The molecule has 1 fully saturated rings. The largest absolute Gasteiger partial charge is 0.377 e. The highest BCUT2D eigenvalue weighted by atomic mass is 16.5. The maximum absolute atomic E-state index is 12.3. The van der Waals surface area contributed by atoms with Gasteiger partial charge in [-0.15, -0.1) is 5.01 Å². The van der Waals surface area contributed by atoms with Crippen molar-refractivity contribution in [3.63, 3.8) is 0 Å². The molecule has 2 rings (SSSR count). The van der Waals surface area contributed by atoms with E-state index < -0.39 is 0 Å². The van der Waals surface area contributed by atoms with Crippen molar-refractivity contribution in [2.45, 2.75) is 78.4 Å². The van der Waals surface area contributed by atoms with Gasteiger partial charge in [0.05, 0.1) is 29.6 Å². The molecular weight excluding hydrogens is 320 g/mol. The van der Waals surface area contributed by atoms with Gasteiger partial charge in [-0.1, -0.05) is 19.3 Å². The van der Waals surface area contributed by atoms with E-state index in [0.717, 1.165) is 25.7 Å². The van der Waals surface area contributed by atoms with Crippen molar-refractivity contribution in [1.82, 2.24) is 5.27 Å². The monoisotopic (exact) mass is 353 g/mol. The number of anilines is 1. The lowest BCUT2D eigenvalue weighted by Gasteiger charge is -2.27. The summed E-state index contributed by atoms with van der Waals surface area (Å²) in [5.74, 6) is 0.508. The standard InChI is InChI=1S/C18H32N4O3/c1-14(2)24-12-11-21(18(3,4)5)22-13-16(25-20-22)19-17(23)15-9-7-6-8-10-15/h13-15H,6-12H2,1-5H3/p+1. The summed E-state index contributed by atoms with van der Waals surface area (Å²) < 4.78 is 11.0. The maximum Gasteiger partial charge on any atom is 0.305 e. The molecule has 0 spiro atoms. The fraction of sp³-hybridized carbons (Fsp3) is 0.833. The number of aromatic nitrogens is 2. The van der Waals surface area contributed by atoms with Gasteiger partial charge in [0.15, 0.2) is 0 Å². The van der Waals surface area contributed by atoms with Crippen LogP contribution < -0.4 is 15.1 Å². The van der Waals surface area contributed by atoms with Crippen LogP contribution in [0.25, 0.3) is 0 Å². The molecular formula is C18H33N4O3+. The molecule has 1 aromatic heterocycles. The molecule has 1 aliphatic carbocycles. The van der Waals surface area contributed by atoms with Gasteiger partial charge in [-0.25, -0.2) is 0 Å². The minimum absolute atomic E-state index is 0.0356. The molecule has 1 saturated carbocycles. The molecule has 1 aliphatic rings. The zero-order chi connectivity index (χ0) is 18.4. The minimum atomic E-state index is -0.160. The smallest absolute Gasteiger partial charge is 0.305 e. The summed E-state index contributed by atoms with van der Waals surface area (Å²) in [6, 6.07) is 0. The summed E-state index contributed by atoms with van der Waals surface area (Å²) in [7, 11) is 0. The van der Waals surface area contributed by atoms with E-state index in [1.54, 1.807) is 11.0 Å². The van der Waals surface area contributed by atoms with E-state index in [0.29, 0.717) is 19.0 Å². The SMILES string of the molecule is CC(C)OCCN([n+]1cc(NC(=O)C2CCCCC2)on1)C(C)(C)C. The molecule has 0 bridgehead atoms. The van der Waals surface area contributed by atoms with Gasteiger partial charge in [-0.3, -0.25) is 14.6 Å². The first-order valence-electron chi connectivity index (χ1n) is 9.36. The van der Waals surface area contributed by atoms with E-state index >= 15 is 0 Å². The van der Waals surface area contributed by atoms with E-state index in [1.165, 1.54) is 6.42 Å². The van der Waals surface area contributed by atoms with E-state index in [4.69, 9.17) is 9.26 Å². The van der Waals surface area contributed by atoms with Crippen LogP contribution in [0.1, 0.15) is 66.7 Å². The molecule has 7 heteroatoms. The van der Waals surface area contributed by atoms with Crippen LogP contribution in [-0.2, 0) is 9.53 Å². The van der Waals surface area contributed by atoms with E-state index in [2.05, 4.69) is 36.4 Å². The third-order valence-corrected chi connectivity index (χ3v) is 4.45. The molecule has 0 aromatic carbocycles. The molecule has 1 aromatic rings. The number of nitrogens with one attached hydrogen (secondary N) is 1. The normalized spacial score (nSPS) is 16.2. The predicted molar refractivity (Wildman–Crippen MR) is 95.8 cm³/mol. The highest BCUT2D eigenvalue weighted by Gasteiger charge is 2.32. The summed E-state index contributed by atoms with van der Waals surface area (Å²) in [5.41, 5.74) is -0.160. The Morgan fingerprint density at radius 3 is 2.68 bits per heavy atom. The number of carbonyl (C=O) groups is 1. The van der Waals surface area contributed by atoms with Crippen molar-refractivity contribution in [3.8, 4) is 0 Å². The summed E-state index contributed by atoms with van der Waals surface area (Å²) in [5, 5.41) is 8.99.